The molecule has 2 heterocycles. The average Bonchev–Trinajstić information content (AvgIpc) is 2.73. The topological polar surface area (TPSA) is 87.0 Å². The quantitative estimate of drug-likeness (QED) is 0.687. The minimum absolute atomic E-state index is 0.0667. The minimum Gasteiger partial charge on any atom is -0.378 e. The second-order valence-corrected chi connectivity index (χ2v) is 4.90. The monoisotopic (exact) mass is 272 g/mol. The molecule has 0 saturated heterocycles. The molecule has 17 heavy (non-hydrogen) atoms. The molecule has 8 heteroatoms. The zero-order valence-electron chi connectivity index (χ0n) is 8.88. The van der Waals surface area contributed by atoms with Crippen molar-refractivity contribution in [3.8, 4) is 0 Å². The van der Waals surface area contributed by atoms with Gasteiger partial charge in [-0.3, -0.25) is 10.1 Å². The van der Waals surface area contributed by atoms with Crippen LogP contribution in [0.5, 0.6) is 0 Å². The van der Waals surface area contributed by atoms with Gasteiger partial charge in [0.1, 0.15) is 5.69 Å². The molecular formula is C9H9ClN4O2S. The first kappa shape index (κ1) is 11.9. The van der Waals surface area contributed by atoms with Gasteiger partial charge in [0.25, 0.3) is 0 Å². The van der Waals surface area contributed by atoms with Crippen LogP contribution >= 0.6 is 22.9 Å². The number of aromatic nitrogens is 2. The number of nitrogens with zero attached hydrogens (tertiary/aromatic N) is 3. The molecule has 0 aliphatic carbocycles. The molecule has 0 radical (unpaired) electrons. The van der Waals surface area contributed by atoms with Gasteiger partial charge in [-0.05, 0) is 13.0 Å². The Hall–Kier alpha value is -1.60. The van der Waals surface area contributed by atoms with Crippen LogP contribution in [-0.2, 0) is 6.54 Å². The smallest absolute Gasteiger partial charge is 0.333 e. The Morgan fingerprint density at radius 2 is 2.41 bits per heavy atom. The molecule has 90 valence electrons. The normalized spacial score (nSPS) is 10.7. The largest absolute Gasteiger partial charge is 0.378 e. The van der Waals surface area contributed by atoms with Gasteiger partial charge in [0.05, 0.1) is 16.5 Å². The Bertz CT molecular complexity index is 578. The Morgan fingerprint density at radius 1 is 1.71 bits per heavy atom. The fourth-order valence-corrected chi connectivity index (χ4v) is 2.57. The van der Waals surface area contributed by atoms with Crippen molar-refractivity contribution < 1.29 is 4.92 Å². The highest BCUT2D eigenvalue weighted by molar-refractivity contribution is 7.10. The van der Waals surface area contributed by atoms with Gasteiger partial charge in [0.2, 0.25) is 5.82 Å². The molecule has 0 aliphatic heterocycles. The lowest BCUT2D eigenvalue weighted by Gasteiger charge is -1.99. The van der Waals surface area contributed by atoms with Crippen LogP contribution in [0.2, 0.25) is 5.02 Å². The summed E-state index contributed by atoms with van der Waals surface area (Å²) in [4.78, 5) is 11.2. The van der Waals surface area contributed by atoms with Crippen LogP contribution < -0.4 is 5.73 Å². The van der Waals surface area contributed by atoms with Crippen LogP contribution in [-0.4, -0.2) is 14.7 Å². The Balaban J connectivity index is 2.34. The molecule has 0 spiro atoms. The van der Waals surface area contributed by atoms with Crippen molar-refractivity contribution in [1.82, 2.24) is 9.78 Å². The van der Waals surface area contributed by atoms with E-state index in [-0.39, 0.29) is 11.5 Å². The molecule has 0 saturated carbocycles. The summed E-state index contributed by atoms with van der Waals surface area (Å²) in [5.41, 5.74) is 5.87. The van der Waals surface area contributed by atoms with E-state index >= 15 is 0 Å². The van der Waals surface area contributed by atoms with E-state index in [9.17, 15) is 10.1 Å². The number of nitro groups is 1. The maximum absolute atomic E-state index is 10.8. The summed E-state index contributed by atoms with van der Waals surface area (Å²) in [5.74, 6) is 0.0667. The second kappa shape index (κ2) is 4.34. The molecule has 0 fully saturated rings. The van der Waals surface area contributed by atoms with Crippen molar-refractivity contribution >= 4 is 34.4 Å². The van der Waals surface area contributed by atoms with Gasteiger partial charge in [-0.2, -0.15) is 5.10 Å². The van der Waals surface area contributed by atoms with Gasteiger partial charge < -0.3 is 5.73 Å². The molecule has 0 aromatic carbocycles. The fraction of sp³-hybridized carbons (Fsp3) is 0.222. The summed E-state index contributed by atoms with van der Waals surface area (Å²) in [6.45, 7) is 1.95. The number of nitrogens with two attached hydrogens (primary N) is 1. The standard InChI is InChI=1S/C9H9ClN4O2S/c1-5-8(14(15)16)9(11)13(12-5)3-7-2-6(10)4-17-7/h2,4H,3,11H2,1H3. The maximum atomic E-state index is 10.8. The molecule has 2 aromatic heterocycles. The van der Waals surface area contributed by atoms with E-state index < -0.39 is 4.92 Å². The summed E-state index contributed by atoms with van der Waals surface area (Å²) in [6.07, 6.45) is 0. The van der Waals surface area contributed by atoms with Crippen molar-refractivity contribution in [2.75, 3.05) is 5.73 Å². The number of halogens is 1. The highest BCUT2D eigenvalue weighted by atomic mass is 35.5. The molecule has 6 nitrogen and oxygen atoms in total. The lowest BCUT2D eigenvalue weighted by molar-refractivity contribution is -0.384. The molecule has 2 N–H and O–H groups in total. The Kier molecular flexibility index (Phi) is 3.03. The van der Waals surface area contributed by atoms with Crippen LogP contribution in [0.15, 0.2) is 11.4 Å². The van der Waals surface area contributed by atoms with E-state index in [4.69, 9.17) is 17.3 Å². The van der Waals surface area contributed by atoms with Gasteiger partial charge in [0, 0.05) is 10.3 Å². The zero-order chi connectivity index (χ0) is 12.6. The molecular weight excluding hydrogens is 264 g/mol. The van der Waals surface area contributed by atoms with E-state index in [0.717, 1.165) is 4.88 Å². The van der Waals surface area contributed by atoms with E-state index in [1.54, 1.807) is 18.4 Å². The number of aryl methyl sites for hydroxylation is 1. The van der Waals surface area contributed by atoms with Crippen molar-refractivity contribution in [2.24, 2.45) is 0 Å². The van der Waals surface area contributed by atoms with Crippen LogP contribution in [0.4, 0.5) is 11.5 Å². The average molecular weight is 273 g/mol. The van der Waals surface area contributed by atoms with Gasteiger partial charge >= 0.3 is 5.69 Å². The molecule has 0 unspecified atom stereocenters. The number of hydrogen-bond donors (Lipinski definition) is 1. The number of anilines is 1. The lowest BCUT2D eigenvalue weighted by Crippen LogP contribution is -2.05. The maximum Gasteiger partial charge on any atom is 0.333 e. The van der Waals surface area contributed by atoms with Gasteiger partial charge in [-0.25, -0.2) is 4.68 Å². The molecule has 0 aliphatic rings. The SMILES string of the molecule is Cc1nn(Cc2cc(Cl)cs2)c(N)c1[N+](=O)[O-]. The van der Waals surface area contributed by atoms with E-state index in [1.165, 1.54) is 16.0 Å². The van der Waals surface area contributed by atoms with Crippen LogP contribution in [0, 0.1) is 17.0 Å². The first-order chi connectivity index (χ1) is 7.99. The highest BCUT2D eigenvalue weighted by Gasteiger charge is 2.22. The fourth-order valence-electron chi connectivity index (χ4n) is 1.52. The number of thiophene rings is 1. The van der Waals surface area contributed by atoms with E-state index in [0.29, 0.717) is 17.3 Å². The van der Waals surface area contributed by atoms with Crippen molar-refractivity contribution in [1.29, 1.82) is 0 Å². The number of nitrogen functional groups attached to an aromatic ring is 1. The van der Waals surface area contributed by atoms with Crippen molar-refractivity contribution in [3.63, 3.8) is 0 Å². The Labute approximate surface area is 106 Å². The first-order valence-corrected chi connectivity index (χ1v) is 5.95. The summed E-state index contributed by atoms with van der Waals surface area (Å²) in [5, 5.41) is 17.2. The molecule has 0 bridgehead atoms. The third-order valence-electron chi connectivity index (χ3n) is 2.24. The summed E-state index contributed by atoms with van der Waals surface area (Å²) in [7, 11) is 0. The minimum atomic E-state index is -0.518. The summed E-state index contributed by atoms with van der Waals surface area (Å²) in [6, 6.07) is 1.79. The predicted molar refractivity (Wildman–Crippen MR) is 66.5 cm³/mol. The van der Waals surface area contributed by atoms with Crippen molar-refractivity contribution in [2.45, 2.75) is 13.5 Å². The number of rotatable bonds is 3. The third kappa shape index (κ3) is 2.25. The number of hydrogen-bond acceptors (Lipinski definition) is 5. The summed E-state index contributed by atoms with van der Waals surface area (Å²) >= 11 is 7.25. The third-order valence-corrected chi connectivity index (χ3v) is 3.51. The van der Waals surface area contributed by atoms with Gasteiger partial charge in [-0.15, -0.1) is 11.3 Å². The summed E-state index contributed by atoms with van der Waals surface area (Å²) < 4.78 is 1.41. The molecule has 2 aromatic rings. The van der Waals surface area contributed by atoms with E-state index in [2.05, 4.69) is 5.10 Å². The predicted octanol–water partition coefficient (Wildman–Crippen LogP) is 2.45. The highest BCUT2D eigenvalue weighted by Crippen LogP contribution is 2.27. The lowest BCUT2D eigenvalue weighted by atomic mass is 10.4. The van der Waals surface area contributed by atoms with Gasteiger partial charge in [0.15, 0.2) is 0 Å². The zero-order valence-corrected chi connectivity index (χ0v) is 10.5. The first-order valence-electron chi connectivity index (χ1n) is 4.69. The van der Waals surface area contributed by atoms with Crippen LogP contribution in [0.1, 0.15) is 10.6 Å². The van der Waals surface area contributed by atoms with Gasteiger partial charge in [-0.1, -0.05) is 11.6 Å². The Morgan fingerprint density at radius 3 is 2.88 bits per heavy atom. The van der Waals surface area contributed by atoms with E-state index in [1.807, 2.05) is 0 Å². The molecule has 0 atom stereocenters. The van der Waals surface area contributed by atoms with Crippen LogP contribution in [0.25, 0.3) is 0 Å². The molecule has 2 rings (SSSR count). The molecule has 0 amide bonds. The van der Waals surface area contributed by atoms with Crippen LogP contribution in [0.3, 0.4) is 0 Å². The van der Waals surface area contributed by atoms with Crippen molar-refractivity contribution in [3.05, 3.63) is 37.2 Å². The second-order valence-electron chi connectivity index (χ2n) is 3.47.